The first-order chi connectivity index (χ1) is 28.1. The minimum Gasteiger partial charge on any atom is -0.457 e. The van der Waals surface area contributed by atoms with E-state index in [4.69, 9.17) is 9.72 Å². The third kappa shape index (κ3) is 7.24. The average Bonchev–Trinajstić information content (AvgIpc) is 3.76. The van der Waals surface area contributed by atoms with Crippen LogP contribution < -0.4 is 14.5 Å². The average molecular weight is 775 g/mol. The Labute approximate surface area is 349 Å². The maximum absolute atomic E-state index is 6.96. The van der Waals surface area contributed by atoms with Crippen molar-refractivity contribution in [2.24, 2.45) is 0 Å². The van der Waals surface area contributed by atoms with E-state index in [0.717, 1.165) is 50.6 Å². The molecule has 9 rings (SSSR count). The standard InChI is InChI=1S/C54H54N4O/c1-52(2,3)38-18-15-19-41(30-38)56-35-57(48-25-22-39(31-50(48)56)53(4,5)6)42-28-37(36-16-11-10-12-17-36)29-44(33-42)59-43-23-24-46-45-20-13-14-21-47(45)58(49(46)34-43)51-32-40(26-27-55-51)54(7,8)9/h10-34H,35H2,1-9H3. The molecule has 0 amide bonds. The van der Waals surface area contributed by atoms with Crippen LogP contribution in [-0.4, -0.2) is 16.2 Å². The zero-order valence-corrected chi connectivity index (χ0v) is 35.8. The molecule has 2 aromatic heterocycles. The number of hydrogen-bond donors (Lipinski definition) is 0. The number of nitrogens with zero attached hydrogens (tertiary/aromatic N) is 4. The number of aromatic nitrogens is 2. The molecule has 1 aliphatic heterocycles. The Morgan fingerprint density at radius 1 is 0.458 bits per heavy atom. The van der Waals surface area contributed by atoms with Gasteiger partial charge in [0.2, 0.25) is 0 Å². The molecule has 5 nitrogen and oxygen atoms in total. The summed E-state index contributed by atoms with van der Waals surface area (Å²) in [4.78, 5) is 9.80. The van der Waals surface area contributed by atoms with Crippen molar-refractivity contribution >= 4 is 44.6 Å². The third-order valence-electron chi connectivity index (χ3n) is 11.8. The largest absolute Gasteiger partial charge is 0.457 e. The maximum atomic E-state index is 6.96. The number of ether oxygens (including phenoxy) is 1. The summed E-state index contributed by atoms with van der Waals surface area (Å²) < 4.78 is 9.23. The van der Waals surface area contributed by atoms with Crippen molar-refractivity contribution in [3.05, 3.63) is 168 Å². The fourth-order valence-corrected chi connectivity index (χ4v) is 8.31. The summed E-state index contributed by atoms with van der Waals surface area (Å²) in [5, 5.41) is 2.35. The number of rotatable bonds is 6. The topological polar surface area (TPSA) is 33.5 Å². The summed E-state index contributed by atoms with van der Waals surface area (Å²) >= 11 is 0. The number of fused-ring (bicyclic) bond motifs is 4. The van der Waals surface area contributed by atoms with Crippen LogP contribution in [0.15, 0.2) is 152 Å². The van der Waals surface area contributed by atoms with Gasteiger partial charge in [0, 0.05) is 40.5 Å². The van der Waals surface area contributed by atoms with E-state index in [-0.39, 0.29) is 16.2 Å². The van der Waals surface area contributed by atoms with Crippen molar-refractivity contribution in [1.29, 1.82) is 0 Å². The van der Waals surface area contributed by atoms with Gasteiger partial charge in [-0.25, -0.2) is 4.98 Å². The Hall–Kier alpha value is -6.33. The Morgan fingerprint density at radius 2 is 1.14 bits per heavy atom. The van der Waals surface area contributed by atoms with Gasteiger partial charge < -0.3 is 14.5 Å². The second-order valence-electron chi connectivity index (χ2n) is 19.1. The minimum absolute atomic E-state index is 0.00781. The number of para-hydroxylation sites is 1. The molecule has 0 unspecified atom stereocenters. The zero-order chi connectivity index (χ0) is 41.3. The Kier molecular flexibility index (Phi) is 9.19. The highest BCUT2D eigenvalue weighted by Gasteiger charge is 2.31. The second kappa shape index (κ2) is 14.2. The molecule has 0 spiro atoms. The van der Waals surface area contributed by atoms with Gasteiger partial charge in [0.05, 0.1) is 22.4 Å². The van der Waals surface area contributed by atoms with Gasteiger partial charge in [0.15, 0.2) is 0 Å². The van der Waals surface area contributed by atoms with Crippen molar-refractivity contribution in [3.8, 4) is 28.4 Å². The van der Waals surface area contributed by atoms with E-state index in [0.29, 0.717) is 6.67 Å². The van der Waals surface area contributed by atoms with Crippen LogP contribution in [0.25, 0.3) is 38.8 Å². The molecule has 8 aromatic rings. The van der Waals surface area contributed by atoms with E-state index in [2.05, 4.69) is 222 Å². The van der Waals surface area contributed by atoms with Crippen LogP contribution in [0.4, 0.5) is 22.7 Å². The number of hydrogen-bond acceptors (Lipinski definition) is 4. The van der Waals surface area contributed by atoms with Crippen LogP contribution in [0, 0.1) is 0 Å². The lowest BCUT2D eigenvalue weighted by molar-refractivity contribution is 0.483. The number of pyridine rings is 1. The SMILES string of the molecule is CC(C)(C)c1cccc(N2CN(c3cc(Oc4ccc5c6ccccc6n(-c6cc(C(C)(C)C)ccn6)c5c4)cc(-c4ccccc4)c3)c3ccc(C(C)(C)C)cc32)c1. The lowest BCUT2D eigenvalue weighted by Gasteiger charge is -2.26. The molecule has 0 radical (unpaired) electrons. The maximum Gasteiger partial charge on any atom is 0.137 e. The Morgan fingerprint density at radius 3 is 1.90 bits per heavy atom. The van der Waals surface area contributed by atoms with Crippen LogP contribution >= 0.6 is 0 Å². The molecule has 0 saturated heterocycles. The van der Waals surface area contributed by atoms with Crippen LogP contribution in [0.1, 0.15) is 79.0 Å². The molecule has 0 fully saturated rings. The van der Waals surface area contributed by atoms with Crippen LogP contribution in [-0.2, 0) is 16.2 Å². The van der Waals surface area contributed by atoms with E-state index in [1.54, 1.807) is 0 Å². The highest BCUT2D eigenvalue weighted by molar-refractivity contribution is 6.09. The highest BCUT2D eigenvalue weighted by atomic mass is 16.5. The molecule has 3 heterocycles. The third-order valence-corrected chi connectivity index (χ3v) is 11.8. The lowest BCUT2D eigenvalue weighted by Crippen LogP contribution is -2.24. The minimum atomic E-state index is -0.00950. The molecule has 59 heavy (non-hydrogen) atoms. The van der Waals surface area contributed by atoms with E-state index in [9.17, 15) is 0 Å². The summed E-state index contributed by atoms with van der Waals surface area (Å²) in [5.41, 5.74) is 12.9. The molecule has 0 bridgehead atoms. The molecule has 6 aromatic carbocycles. The molecule has 0 N–H and O–H groups in total. The second-order valence-corrected chi connectivity index (χ2v) is 19.1. The predicted molar refractivity (Wildman–Crippen MR) is 249 cm³/mol. The van der Waals surface area contributed by atoms with Crippen molar-refractivity contribution in [2.75, 3.05) is 16.5 Å². The van der Waals surface area contributed by atoms with Gasteiger partial charge in [-0.05, 0) is 111 Å². The van der Waals surface area contributed by atoms with Gasteiger partial charge in [-0.3, -0.25) is 4.57 Å². The van der Waals surface area contributed by atoms with Crippen LogP contribution in [0.2, 0.25) is 0 Å². The fourth-order valence-electron chi connectivity index (χ4n) is 8.31. The first-order valence-electron chi connectivity index (χ1n) is 20.8. The van der Waals surface area contributed by atoms with Gasteiger partial charge in [0.25, 0.3) is 0 Å². The van der Waals surface area contributed by atoms with Gasteiger partial charge >= 0.3 is 0 Å². The van der Waals surface area contributed by atoms with Gasteiger partial charge in [-0.1, -0.05) is 129 Å². The molecule has 0 atom stereocenters. The Bertz CT molecular complexity index is 2850. The summed E-state index contributed by atoms with van der Waals surface area (Å²) in [6.07, 6.45) is 1.93. The summed E-state index contributed by atoms with van der Waals surface area (Å²) in [5.74, 6) is 2.44. The predicted octanol–water partition coefficient (Wildman–Crippen LogP) is 14.8. The monoisotopic (exact) mass is 774 g/mol. The Balaban J connectivity index is 1.17. The van der Waals surface area contributed by atoms with Crippen molar-refractivity contribution in [1.82, 2.24) is 9.55 Å². The van der Waals surface area contributed by atoms with Crippen molar-refractivity contribution < 1.29 is 4.74 Å². The molecular formula is C54H54N4O. The van der Waals surface area contributed by atoms with Gasteiger partial charge in [0.1, 0.15) is 24.0 Å². The fraction of sp³-hybridized carbons (Fsp3) is 0.241. The van der Waals surface area contributed by atoms with E-state index < -0.39 is 0 Å². The molecule has 5 heteroatoms. The number of anilines is 4. The van der Waals surface area contributed by atoms with E-state index in [1.807, 2.05) is 6.20 Å². The molecular weight excluding hydrogens is 721 g/mol. The van der Waals surface area contributed by atoms with Gasteiger partial charge in [-0.15, -0.1) is 0 Å². The summed E-state index contributed by atoms with van der Waals surface area (Å²) in [6.45, 7) is 21.1. The first kappa shape index (κ1) is 38.2. The molecule has 0 saturated carbocycles. The summed E-state index contributed by atoms with van der Waals surface area (Å²) in [6, 6.07) is 52.6. The highest BCUT2D eigenvalue weighted by Crippen LogP contribution is 2.48. The van der Waals surface area contributed by atoms with E-state index in [1.165, 1.54) is 39.1 Å². The first-order valence-corrected chi connectivity index (χ1v) is 20.8. The smallest absolute Gasteiger partial charge is 0.137 e. The number of benzene rings is 6. The molecule has 296 valence electrons. The lowest BCUT2D eigenvalue weighted by atomic mass is 9.86. The van der Waals surface area contributed by atoms with Crippen LogP contribution in [0.3, 0.4) is 0 Å². The van der Waals surface area contributed by atoms with Crippen molar-refractivity contribution in [3.63, 3.8) is 0 Å². The normalized spacial score (nSPS) is 13.4. The molecule has 0 aliphatic carbocycles. The molecule has 1 aliphatic rings. The quantitative estimate of drug-likeness (QED) is 0.168. The summed E-state index contributed by atoms with van der Waals surface area (Å²) in [7, 11) is 0. The van der Waals surface area contributed by atoms with Crippen molar-refractivity contribution in [2.45, 2.75) is 78.6 Å². The zero-order valence-electron chi connectivity index (χ0n) is 35.8. The van der Waals surface area contributed by atoms with Gasteiger partial charge in [-0.2, -0.15) is 0 Å². The van der Waals surface area contributed by atoms with Crippen LogP contribution in [0.5, 0.6) is 11.5 Å². The van der Waals surface area contributed by atoms with E-state index >= 15 is 0 Å².